The van der Waals surface area contributed by atoms with Crippen LogP contribution >= 0.6 is 0 Å². The Morgan fingerprint density at radius 3 is 2.07 bits per heavy atom. The Kier molecular flexibility index (Phi) is 1.68. The van der Waals surface area contributed by atoms with E-state index in [4.69, 9.17) is 5.73 Å². The van der Waals surface area contributed by atoms with E-state index < -0.39 is 5.67 Å². The van der Waals surface area contributed by atoms with Crippen molar-refractivity contribution in [2.75, 3.05) is 5.73 Å². The van der Waals surface area contributed by atoms with E-state index in [0.29, 0.717) is 0 Å². The van der Waals surface area contributed by atoms with Crippen LogP contribution in [0.5, 0.6) is 0 Å². The first-order chi connectivity index (χ1) is 7.12. The fourth-order valence-electron chi connectivity index (χ4n) is 3.36. The van der Waals surface area contributed by atoms with Crippen molar-refractivity contribution in [2.45, 2.75) is 43.2 Å². The molecule has 0 saturated heterocycles. The molecule has 2 heteroatoms. The van der Waals surface area contributed by atoms with Gasteiger partial charge in [-0.05, 0) is 55.2 Å². The molecule has 0 unspecified atom stereocenters. The van der Waals surface area contributed by atoms with Crippen molar-refractivity contribution in [3.63, 3.8) is 0 Å². The van der Waals surface area contributed by atoms with Gasteiger partial charge in [0.1, 0.15) is 5.67 Å². The predicted octanol–water partition coefficient (Wildman–Crippen LogP) is 3.19. The zero-order valence-electron chi connectivity index (χ0n) is 8.80. The van der Waals surface area contributed by atoms with Crippen LogP contribution in [0.2, 0.25) is 0 Å². The van der Waals surface area contributed by atoms with Gasteiger partial charge < -0.3 is 5.73 Å². The molecule has 2 aliphatic rings. The maximum Gasteiger partial charge on any atom is 0.112 e. The van der Waals surface area contributed by atoms with Gasteiger partial charge in [0.2, 0.25) is 0 Å². The largest absolute Gasteiger partial charge is 0.399 e. The number of halogens is 1. The summed E-state index contributed by atoms with van der Waals surface area (Å²) >= 11 is 0. The Hall–Kier alpha value is -1.05. The number of hydrogen-bond donors (Lipinski definition) is 1. The Balaban J connectivity index is 1.98. The second-order valence-corrected chi connectivity index (χ2v) is 5.23. The number of rotatable bonds is 1. The molecule has 15 heavy (non-hydrogen) atoms. The number of nitrogen functional groups attached to an aromatic ring is 1. The second-order valence-electron chi connectivity index (χ2n) is 5.23. The molecule has 0 aromatic heterocycles. The average molecular weight is 205 g/mol. The summed E-state index contributed by atoms with van der Waals surface area (Å²) in [5.41, 5.74) is 7.02. The Morgan fingerprint density at radius 1 is 1.00 bits per heavy atom. The summed E-state index contributed by atoms with van der Waals surface area (Å²) in [4.78, 5) is 0. The van der Waals surface area contributed by atoms with Gasteiger partial charge in [0.05, 0.1) is 0 Å². The van der Waals surface area contributed by atoms with E-state index >= 15 is 0 Å². The number of nitrogens with two attached hydrogens (primary N) is 1. The maximum absolute atomic E-state index is 14.1. The maximum atomic E-state index is 14.1. The summed E-state index contributed by atoms with van der Waals surface area (Å²) in [5, 5.41) is 0. The number of alkyl halides is 1. The summed E-state index contributed by atoms with van der Waals surface area (Å²) in [6, 6.07) is 8.01. The quantitative estimate of drug-likeness (QED) is 0.700. The zero-order valence-corrected chi connectivity index (χ0v) is 8.80. The number of anilines is 1. The van der Waals surface area contributed by atoms with E-state index in [1.165, 1.54) is 5.56 Å². The molecule has 3 rings (SSSR count). The van der Waals surface area contributed by atoms with E-state index in [2.05, 4.69) is 12.1 Å². The van der Waals surface area contributed by atoms with Crippen molar-refractivity contribution in [1.29, 1.82) is 0 Å². The van der Waals surface area contributed by atoms with Gasteiger partial charge in [0, 0.05) is 5.69 Å². The lowest BCUT2D eigenvalue weighted by Crippen LogP contribution is -2.19. The lowest BCUT2D eigenvalue weighted by atomic mass is 9.78. The highest BCUT2D eigenvalue weighted by Gasteiger charge is 2.55. The van der Waals surface area contributed by atoms with Crippen molar-refractivity contribution < 1.29 is 4.39 Å². The van der Waals surface area contributed by atoms with Gasteiger partial charge in [-0.1, -0.05) is 12.1 Å². The minimum absolute atomic E-state index is 0.127. The zero-order chi connectivity index (χ0) is 10.5. The van der Waals surface area contributed by atoms with Crippen molar-refractivity contribution >= 4 is 5.69 Å². The van der Waals surface area contributed by atoms with E-state index in [9.17, 15) is 4.39 Å². The molecule has 0 heterocycles. The molecule has 0 atom stereocenters. The minimum Gasteiger partial charge on any atom is -0.399 e. The SMILES string of the molecule is Nc1ccc(C23CCC(F)(CC2)C3)cc1. The lowest BCUT2D eigenvalue weighted by molar-refractivity contribution is 0.176. The molecule has 1 aromatic carbocycles. The molecule has 2 fully saturated rings. The third kappa shape index (κ3) is 1.27. The van der Waals surface area contributed by atoms with Crippen LogP contribution in [0.25, 0.3) is 0 Å². The molecule has 2 bridgehead atoms. The molecule has 2 aliphatic carbocycles. The fourth-order valence-corrected chi connectivity index (χ4v) is 3.36. The van der Waals surface area contributed by atoms with Gasteiger partial charge in [-0.2, -0.15) is 0 Å². The van der Waals surface area contributed by atoms with Crippen LogP contribution < -0.4 is 5.73 Å². The Labute approximate surface area is 89.5 Å². The Bertz CT molecular complexity index is 374. The van der Waals surface area contributed by atoms with Gasteiger partial charge in [0.15, 0.2) is 0 Å². The van der Waals surface area contributed by atoms with E-state index in [1.54, 1.807) is 0 Å². The number of fused-ring (bicyclic) bond motifs is 2. The predicted molar refractivity (Wildman–Crippen MR) is 59.5 cm³/mol. The van der Waals surface area contributed by atoms with Crippen LogP contribution in [0.1, 0.15) is 37.7 Å². The standard InChI is InChI=1S/C13H16FN/c14-13-7-5-12(9-13,6-8-13)10-1-3-11(15)4-2-10/h1-4H,5-9,15H2. The van der Waals surface area contributed by atoms with Crippen molar-refractivity contribution in [3.05, 3.63) is 29.8 Å². The van der Waals surface area contributed by atoms with Crippen molar-refractivity contribution in [1.82, 2.24) is 0 Å². The molecule has 80 valence electrons. The molecule has 0 amide bonds. The van der Waals surface area contributed by atoms with Gasteiger partial charge in [-0.3, -0.25) is 0 Å². The molecule has 1 nitrogen and oxygen atoms in total. The fraction of sp³-hybridized carbons (Fsp3) is 0.538. The van der Waals surface area contributed by atoms with Gasteiger partial charge >= 0.3 is 0 Å². The second kappa shape index (κ2) is 2.75. The summed E-state index contributed by atoms with van der Waals surface area (Å²) in [6.07, 6.45) is 4.24. The minimum atomic E-state index is -0.860. The van der Waals surface area contributed by atoms with Crippen LogP contribution in [0.4, 0.5) is 10.1 Å². The van der Waals surface area contributed by atoms with Crippen LogP contribution in [-0.4, -0.2) is 5.67 Å². The molecule has 1 aromatic rings. The summed E-state index contributed by atoms with van der Waals surface area (Å²) in [5.74, 6) is 0. The molecular weight excluding hydrogens is 189 g/mol. The average Bonchev–Trinajstić information content (AvgIpc) is 2.73. The molecule has 0 spiro atoms. The summed E-state index contributed by atoms with van der Waals surface area (Å²) in [7, 11) is 0. The van der Waals surface area contributed by atoms with E-state index in [1.807, 2.05) is 12.1 Å². The van der Waals surface area contributed by atoms with Crippen LogP contribution in [0, 0.1) is 0 Å². The third-order valence-electron chi connectivity index (χ3n) is 4.28. The first kappa shape index (κ1) is 9.20. The highest BCUT2D eigenvalue weighted by molar-refractivity contribution is 5.43. The normalized spacial score (nSPS) is 38.5. The first-order valence-electron chi connectivity index (χ1n) is 5.67. The topological polar surface area (TPSA) is 26.0 Å². The third-order valence-corrected chi connectivity index (χ3v) is 4.28. The van der Waals surface area contributed by atoms with E-state index in [0.717, 1.165) is 37.8 Å². The van der Waals surface area contributed by atoms with Gasteiger partial charge in [0.25, 0.3) is 0 Å². The van der Waals surface area contributed by atoms with Crippen LogP contribution in [-0.2, 0) is 5.41 Å². The van der Waals surface area contributed by atoms with Gasteiger partial charge in [-0.15, -0.1) is 0 Å². The Morgan fingerprint density at radius 2 is 1.60 bits per heavy atom. The number of hydrogen-bond acceptors (Lipinski definition) is 1. The van der Waals surface area contributed by atoms with E-state index in [-0.39, 0.29) is 5.41 Å². The summed E-state index contributed by atoms with van der Waals surface area (Å²) < 4.78 is 14.1. The van der Waals surface area contributed by atoms with Gasteiger partial charge in [-0.25, -0.2) is 4.39 Å². The van der Waals surface area contributed by atoms with Crippen molar-refractivity contribution in [3.8, 4) is 0 Å². The number of benzene rings is 1. The molecule has 0 radical (unpaired) electrons. The first-order valence-corrected chi connectivity index (χ1v) is 5.67. The molecule has 2 saturated carbocycles. The summed E-state index contributed by atoms with van der Waals surface area (Å²) in [6.45, 7) is 0. The smallest absolute Gasteiger partial charge is 0.112 e. The highest BCUT2D eigenvalue weighted by atomic mass is 19.1. The van der Waals surface area contributed by atoms with Crippen LogP contribution in [0.15, 0.2) is 24.3 Å². The molecule has 2 N–H and O–H groups in total. The van der Waals surface area contributed by atoms with Crippen molar-refractivity contribution in [2.24, 2.45) is 0 Å². The molecular formula is C13H16FN. The highest BCUT2D eigenvalue weighted by Crippen LogP contribution is 2.59. The molecule has 0 aliphatic heterocycles. The van der Waals surface area contributed by atoms with Crippen LogP contribution in [0.3, 0.4) is 0 Å². The monoisotopic (exact) mass is 205 g/mol. The lowest BCUT2D eigenvalue weighted by Gasteiger charge is -2.26.